The number of rotatable bonds is 3. The molecule has 3 unspecified atom stereocenters. The maximum Gasteiger partial charge on any atom is 0.178 e. The maximum absolute atomic E-state index is 14.5. The van der Waals surface area contributed by atoms with Crippen molar-refractivity contribution in [3.05, 3.63) is 23.3 Å². The largest absolute Gasteiger partial charge is 0.300 e. The van der Waals surface area contributed by atoms with Crippen LogP contribution in [0.2, 0.25) is 0 Å². The highest BCUT2D eigenvalue weighted by molar-refractivity contribution is 6.04. The number of ketones is 3. The summed E-state index contributed by atoms with van der Waals surface area (Å²) < 4.78 is 0. The Morgan fingerprint density at radius 1 is 1.00 bits per heavy atom. The summed E-state index contributed by atoms with van der Waals surface area (Å²) in [6.45, 7) is 17.4. The number of hydrogen-bond donors (Lipinski definition) is 0. The van der Waals surface area contributed by atoms with Gasteiger partial charge in [-0.05, 0) is 97.9 Å². The van der Waals surface area contributed by atoms with Crippen LogP contribution < -0.4 is 0 Å². The van der Waals surface area contributed by atoms with E-state index in [9.17, 15) is 19.6 Å². The van der Waals surface area contributed by atoms with Crippen molar-refractivity contribution in [2.24, 2.45) is 50.2 Å². The summed E-state index contributed by atoms with van der Waals surface area (Å²) >= 11 is 0. The van der Waals surface area contributed by atoms with Crippen molar-refractivity contribution in [3.8, 4) is 6.07 Å². The summed E-state index contributed by atoms with van der Waals surface area (Å²) in [6, 6.07) is 2.20. The van der Waals surface area contributed by atoms with Gasteiger partial charge in [-0.15, -0.1) is 0 Å². The Balaban J connectivity index is 1.66. The van der Waals surface area contributed by atoms with Gasteiger partial charge < -0.3 is 4.79 Å². The average Bonchev–Trinajstić information content (AvgIpc) is 2.82. The van der Waals surface area contributed by atoms with Crippen molar-refractivity contribution in [2.75, 3.05) is 0 Å². The Kier molecular flexibility index (Phi) is 5.98. The summed E-state index contributed by atoms with van der Waals surface area (Å²) in [5.74, 6) is 0.745. The second-order valence-electron chi connectivity index (χ2n) is 15.8. The van der Waals surface area contributed by atoms with Gasteiger partial charge in [0.15, 0.2) is 11.6 Å². The lowest BCUT2D eigenvalue weighted by Crippen LogP contribution is -2.64. The molecule has 7 atom stereocenters. The maximum atomic E-state index is 14.5. The van der Waals surface area contributed by atoms with Gasteiger partial charge in [0, 0.05) is 23.2 Å². The Bertz CT molecular complexity index is 1210. The van der Waals surface area contributed by atoms with Gasteiger partial charge in [-0.2, -0.15) is 5.26 Å². The normalized spacial score (nSPS) is 44.9. The molecule has 0 N–H and O–H groups in total. The number of fused-ring (bicyclic) bond motifs is 7. The third kappa shape index (κ3) is 3.49. The molecule has 3 fully saturated rings. The number of hydrogen-bond acceptors (Lipinski definition) is 4. The standard InChI is InChI=1S/C34H47NO3/c1-21(36)9-12-34-15-13-29(2,3)19-23(34)27-24(37)17-26-31(6)18-22(20-35)28(38)30(4,5)25(31)10-11-32(26,7)33(27,8)14-16-34/h17-18,23,25,27H,9-16,19H2,1-8H3/t23?,25?,27?,31-,32+,33+,34+/m0/s1. The van der Waals surface area contributed by atoms with Gasteiger partial charge in [0.05, 0.1) is 5.57 Å². The molecule has 4 nitrogen and oxygen atoms in total. The van der Waals surface area contributed by atoms with Crippen LogP contribution in [0, 0.1) is 61.6 Å². The van der Waals surface area contributed by atoms with Gasteiger partial charge in [-0.25, -0.2) is 0 Å². The number of Topliss-reactive ketones (excluding diaryl/α,β-unsaturated/α-hetero) is 2. The van der Waals surface area contributed by atoms with Gasteiger partial charge in [0.1, 0.15) is 11.9 Å². The molecule has 0 saturated heterocycles. The van der Waals surface area contributed by atoms with E-state index < -0.39 is 10.8 Å². The van der Waals surface area contributed by atoms with Crippen molar-refractivity contribution in [2.45, 2.75) is 113 Å². The van der Waals surface area contributed by atoms with E-state index in [1.807, 2.05) is 26.0 Å². The smallest absolute Gasteiger partial charge is 0.178 e. The first-order valence-electron chi connectivity index (χ1n) is 14.9. The molecule has 0 radical (unpaired) electrons. The first kappa shape index (κ1) is 27.5. The lowest BCUT2D eigenvalue weighted by atomic mass is 9.34. The summed E-state index contributed by atoms with van der Waals surface area (Å²) in [6.07, 6.45) is 12.7. The molecule has 0 spiro atoms. The van der Waals surface area contributed by atoms with E-state index in [0.29, 0.717) is 6.42 Å². The lowest BCUT2D eigenvalue weighted by molar-refractivity contribution is -0.172. The minimum atomic E-state index is -0.640. The topological polar surface area (TPSA) is 75.0 Å². The highest BCUT2D eigenvalue weighted by atomic mass is 16.1. The summed E-state index contributed by atoms with van der Waals surface area (Å²) in [5.41, 5.74) is 0.162. The van der Waals surface area contributed by atoms with Crippen LogP contribution in [0.5, 0.6) is 0 Å². The number of carbonyl (C=O) groups is 3. The predicted octanol–water partition coefficient (Wildman–Crippen LogP) is 7.58. The van der Waals surface area contributed by atoms with Crippen LogP contribution in [0.3, 0.4) is 0 Å². The molecule has 0 aliphatic heterocycles. The molecule has 0 heterocycles. The van der Waals surface area contributed by atoms with Crippen LogP contribution in [-0.2, 0) is 14.4 Å². The molecular formula is C34H47NO3. The van der Waals surface area contributed by atoms with Crippen LogP contribution in [-0.4, -0.2) is 17.3 Å². The van der Waals surface area contributed by atoms with Gasteiger partial charge in [0.25, 0.3) is 0 Å². The number of nitriles is 1. The molecule has 5 aliphatic rings. The van der Waals surface area contributed by atoms with Crippen LogP contribution in [0.25, 0.3) is 0 Å². The molecule has 3 saturated carbocycles. The van der Waals surface area contributed by atoms with Gasteiger partial charge in [-0.3, -0.25) is 9.59 Å². The molecule has 0 bridgehead atoms. The summed E-state index contributed by atoms with van der Waals surface area (Å²) in [7, 11) is 0. The van der Waals surface area contributed by atoms with E-state index in [1.54, 1.807) is 6.92 Å². The third-order valence-electron chi connectivity index (χ3n) is 13.0. The van der Waals surface area contributed by atoms with Crippen molar-refractivity contribution in [1.29, 1.82) is 5.26 Å². The van der Waals surface area contributed by atoms with E-state index in [0.717, 1.165) is 56.9 Å². The van der Waals surface area contributed by atoms with E-state index in [-0.39, 0.29) is 62.3 Å². The van der Waals surface area contributed by atoms with Crippen LogP contribution in [0.15, 0.2) is 23.3 Å². The monoisotopic (exact) mass is 517 g/mol. The third-order valence-corrected chi connectivity index (χ3v) is 13.0. The molecular weight excluding hydrogens is 470 g/mol. The molecule has 0 aromatic heterocycles. The van der Waals surface area contributed by atoms with E-state index in [2.05, 4.69) is 40.7 Å². The predicted molar refractivity (Wildman–Crippen MR) is 149 cm³/mol. The number of carbonyl (C=O) groups excluding carboxylic acids is 3. The first-order valence-corrected chi connectivity index (χ1v) is 14.9. The fourth-order valence-corrected chi connectivity index (χ4v) is 10.6. The Morgan fingerprint density at radius 2 is 1.66 bits per heavy atom. The van der Waals surface area contributed by atoms with E-state index >= 15 is 0 Å². The van der Waals surface area contributed by atoms with Crippen LogP contribution in [0.4, 0.5) is 0 Å². The van der Waals surface area contributed by atoms with Crippen molar-refractivity contribution < 1.29 is 14.4 Å². The molecule has 206 valence electrons. The molecule has 38 heavy (non-hydrogen) atoms. The highest BCUT2D eigenvalue weighted by Gasteiger charge is 2.69. The number of nitrogens with zero attached hydrogens (tertiary/aromatic N) is 1. The van der Waals surface area contributed by atoms with Crippen molar-refractivity contribution in [3.63, 3.8) is 0 Å². The quantitative estimate of drug-likeness (QED) is 0.387. The molecule has 0 aromatic carbocycles. The molecule has 5 aliphatic carbocycles. The Morgan fingerprint density at radius 3 is 2.29 bits per heavy atom. The zero-order valence-electron chi connectivity index (χ0n) is 24.9. The average molecular weight is 518 g/mol. The van der Waals surface area contributed by atoms with E-state index in [1.165, 1.54) is 0 Å². The zero-order chi connectivity index (χ0) is 28.1. The molecule has 0 aromatic rings. The zero-order valence-corrected chi connectivity index (χ0v) is 24.9. The Hall–Kier alpha value is -2.02. The second kappa shape index (κ2) is 8.25. The van der Waals surface area contributed by atoms with E-state index in [4.69, 9.17) is 0 Å². The second-order valence-corrected chi connectivity index (χ2v) is 15.8. The highest BCUT2D eigenvalue weighted by Crippen LogP contribution is 2.75. The van der Waals surface area contributed by atoms with Gasteiger partial charge in [0.2, 0.25) is 0 Å². The fraction of sp³-hybridized carbons (Fsp3) is 0.765. The SMILES string of the molecule is CC(=O)CC[C@]12CCC(C)(C)CC1C1C(=O)C=C3[C@@]4(C)C=C(C#N)C(=O)C(C)(C)C4CC[C@@]3(C)[C@]1(C)CC2. The molecule has 0 amide bonds. The molecule has 4 heteroatoms. The van der Waals surface area contributed by atoms with Gasteiger partial charge >= 0.3 is 0 Å². The minimum Gasteiger partial charge on any atom is -0.300 e. The Labute approximate surface area is 229 Å². The lowest BCUT2D eigenvalue weighted by Gasteiger charge is -2.69. The first-order chi connectivity index (χ1) is 17.5. The number of allylic oxidation sites excluding steroid dienone is 4. The fourth-order valence-electron chi connectivity index (χ4n) is 10.6. The summed E-state index contributed by atoms with van der Waals surface area (Å²) in [4.78, 5) is 39.8. The van der Waals surface area contributed by atoms with Crippen LogP contribution >= 0.6 is 0 Å². The van der Waals surface area contributed by atoms with Crippen molar-refractivity contribution >= 4 is 17.3 Å². The van der Waals surface area contributed by atoms with Crippen LogP contribution in [0.1, 0.15) is 113 Å². The van der Waals surface area contributed by atoms with Crippen molar-refractivity contribution in [1.82, 2.24) is 0 Å². The minimum absolute atomic E-state index is 0.0469. The summed E-state index contributed by atoms with van der Waals surface area (Å²) in [5, 5.41) is 9.90. The molecule has 5 rings (SSSR count). The van der Waals surface area contributed by atoms with Gasteiger partial charge in [-0.1, -0.05) is 60.1 Å².